The van der Waals surface area contributed by atoms with Crippen LogP contribution in [0.15, 0.2) is 54.7 Å². The lowest BCUT2D eigenvalue weighted by Crippen LogP contribution is -2.10. The fourth-order valence-electron chi connectivity index (χ4n) is 4.00. The molecular weight excluding hydrogens is 494 g/mol. The number of carboxylic acid groups (broad SMARTS) is 1. The van der Waals surface area contributed by atoms with E-state index in [1.54, 1.807) is 36.8 Å². The summed E-state index contributed by atoms with van der Waals surface area (Å²) in [5.74, 6) is -0.859. The van der Waals surface area contributed by atoms with Crippen molar-refractivity contribution in [3.05, 3.63) is 70.9 Å². The number of rotatable bonds is 4. The van der Waals surface area contributed by atoms with Gasteiger partial charge in [-0.15, -0.1) is 11.3 Å². The molecule has 0 amide bonds. The van der Waals surface area contributed by atoms with E-state index in [9.17, 15) is 9.90 Å². The molecule has 6 nitrogen and oxygen atoms in total. The molecule has 0 aliphatic rings. The third-order valence-corrected chi connectivity index (χ3v) is 6.74. The van der Waals surface area contributed by atoms with Gasteiger partial charge < -0.3 is 10.2 Å². The van der Waals surface area contributed by atoms with Gasteiger partial charge in [0.05, 0.1) is 27.8 Å². The van der Waals surface area contributed by atoms with Gasteiger partial charge in [-0.3, -0.25) is 9.48 Å². The zero-order chi connectivity index (χ0) is 26.2. The number of aliphatic hydroxyl groups is 1. The first-order valence-corrected chi connectivity index (χ1v) is 12.7. The summed E-state index contributed by atoms with van der Waals surface area (Å²) in [5, 5.41) is 25.1. The van der Waals surface area contributed by atoms with Gasteiger partial charge >= 0.3 is 5.97 Å². The maximum atomic E-state index is 11.6. The second-order valence-electron chi connectivity index (χ2n) is 9.70. The molecule has 0 unspecified atom stereocenters. The van der Waals surface area contributed by atoms with Crippen LogP contribution in [-0.2, 0) is 18.3 Å². The van der Waals surface area contributed by atoms with E-state index in [1.165, 1.54) is 0 Å². The average molecular weight is 522 g/mol. The van der Waals surface area contributed by atoms with E-state index in [0.29, 0.717) is 5.02 Å². The van der Waals surface area contributed by atoms with Crippen LogP contribution in [0.3, 0.4) is 0 Å². The second kappa shape index (κ2) is 10.0. The highest BCUT2D eigenvalue weighted by Gasteiger charge is 2.20. The highest BCUT2D eigenvalue weighted by Crippen LogP contribution is 2.42. The highest BCUT2D eigenvalue weighted by molar-refractivity contribution is 7.22. The average Bonchev–Trinajstić information content (AvgIpc) is 3.35. The zero-order valence-electron chi connectivity index (χ0n) is 20.8. The number of hydrogen-bond donors (Lipinski definition) is 2. The number of aryl methyl sites for hydroxylation is 2. The van der Waals surface area contributed by atoms with Gasteiger partial charge in [-0.1, -0.05) is 35.9 Å². The first kappa shape index (κ1) is 25.8. The maximum Gasteiger partial charge on any atom is 0.307 e. The summed E-state index contributed by atoms with van der Waals surface area (Å²) in [6, 6.07) is 15.5. The van der Waals surface area contributed by atoms with Crippen molar-refractivity contribution in [2.45, 2.75) is 39.7 Å². The topological polar surface area (TPSA) is 88.2 Å². The predicted molar refractivity (Wildman–Crippen MR) is 148 cm³/mol. The minimum absolute atomic E-state index is 0.0504. The number of carboxylic acids is 1. The van der Waals surface area contributed by atoms with Crippen molar-refractivity contribution < 1.29 is 15.0 Å². The molecule has 0 saturated heterocycles. The highest BCUT2D eigenvalue weighted by atomic mass is 35.5. The van der Waals surface area contributed by atoms with Crippen molar-refractivity contribution in [3.8, 4) is 21.7 Å². The number of benzene rings is 3. The Labute approximate surface area is 218 Å². The van der Waals surface area contributed by atoms with Crippen LogP contribution in [0.1, 0.15) is 31.9 Å². The fraction of sp³-hybridized carbons (Fsp3) is 0.250. The van der Waals surface area contributed by atoms with Crippen LogP contribution >= 0.6 is 22.9 Å². The van der Waals surface area contributed by atoms with E-state index in [0.717, 1.165) is 53.9 Å². The van der Waals surface area contributed by atoms with E-state index < -0.39 is 11.6 Å². The molecule has 0 saturated carbocycles. The molecule has 186 valence electrons. The SMILES string of the molecule is CC(C)(C)O.Cc1cc2nc(-c3cccc4nn(C)cc34)sc2c(-c2ccc(Cl)cc2)c1CC(=O)O. The van der Waals surface area contributed by atoms with Crippen LogP contribution in [0.25, 0.3) is 42.8 Å². The lowest BCUT2D eigenvalue weighted by Gasteiger charge is -2.13. The quantitative estimate of drug-likeness (QED) is 0.269. The van der Waals surface area contributed by atoms with Crippen molar-refractivity contribution in [2.75, 3.05) is 0 Å². The van der Waals surface area contributed by atoms with E-state index in [-0.39, 0.29) is 6.42 Å². The summed E-state index contributed by atoms with van der Waals surface area (Å²) in [5.41, 5.74) is 5.86. The molecule has 5 rings (SSSR count). The Hall–Kier alpha value is -3.26. The molecule has 5 aromatic rings. The van der Waals surface area contributed by atoms with Gasteiger partial charge in [0.1, 0.15) is 5.01 Å². The van der Waals surface area contributed by atoms with Crippen LogP contribution in [-0.4, -0.2) is 36.5 Å². The van der Waals surface area contributed by atoms with E-state index in [2.05, 4.69) is 11.2 Å². The number of nitrogens with zero attached hydrogens (tertiary/aromatic N) is 3. The Kier molecular flexibility index (Phi) is 7.18. The van der Waals surface area contributed by atoms with Crippen LogP contribution < -0.4 is 0 Å². The number of fused-ring (bicyclic) bond motifs is 2. The van der Waals surface area contributed by atoms with Gasteiger partial charge in [-0.05, 0) is 68.7 Å². The van der Waals surface area contributed by atoms with E-state index in [4.69, 9.17) is 21.7 Å². The molecule has 2 N–H and O–H groups in total. The summed E-state index contributed by atoms with van der Waals surface area (Å²) in [4.78, 5) is 16.6. The molecule has 0 fully saturated rings. The summed E-state index contributed by atoms with van der Waals surface area (Å²) < 4.78 is 2.77. The second-order valence-corrected chi connectivity index (χ2v) is 11.1. The molecule has 0 spiro atoms. The Morgan fingerprint density at radius 2 is 1.78 bits per heavy atom. The Morgan fingerprint density at radius 3 is 2.42 bits per heavy atom. The normalized spacial score (nSPS) is 11.5. The van der Waals surface area contributed by atoms with Gasteiger partial charge in [-0.25, -0.2) is 4.98 Å². The molecule has 0 bridgehead atoms. The predicted octanol–water partition coefficient (Wildman–Crippen LogP) is 6.88. The first-order chi connectivity index (χ1) is 16.9. The molecule has 2 heterocycles. The molecule has 8 heteroatoms. The summed E-state index contributed by atoms with van der Waals surface area (Å²) in [6.45, 7) is 7.17. The molecular formula is C28H28ClN3O3S. The van der Waals surface area contributed by atoms with Gasteiger partial charge in [-0.2, -0.15) is 5.10 Å². The lowest BCUT2D eigenvalue weighted by atomic mass is 9.93. The van der Waals surface area contributed by atoms with Crippen LogP contribution in [0.2, 0.25) is 5.02 Å². The number of aromatic nitrogens is 3. The molecule has 0 aliphatic carbocycles. The van der Waals surface area contributed by atoms with Gasteiger partial charge in [0, 0.05) is 34.8 Å². The Balaban J connectivity index is 0.000000556. The van der Waals surface area contributed by atoms with Crippen LogP contribution in [0, 0.1) is 6.92 Å². The minimum atomic E-state index is -0.859. The van der Waals surface area contributed by atoms with E-state index in [1.807, 2.05) is 62.6 Å². The van der Waals surface area contributed by atoms with Crippen LogP contribution in [0.5, 0.6) is 0 Å². The number of carbonyl (C=O) groups is 1. The molecule has 3 aromatic carbocycles. The zero-order valence-corrected chi connectivity index (χ0v) is 22.4. The van der Waals surface area contributed by atoms with Crippen molar-refractivity contribution in [1.82, 2.24) is 14.8 Å². The third-order valence-electron chi connectivity index (χ3n) is 5.37. The maximum absolute atomic E-state index is 11.6. The standard InChI is InChI=1S/C24H18ClN3O2S.C4H10O/c1-13-10-20-23(22(17(13)11-21(29)30)14-6-8-15(25)9-7-14)31-24(26-20)16-4-3-5-19-18(16)12-28(2)27-19;1-4(2,3)5/h3-10,12H,11H2,1-2H3,(H,29,30);5H,1-3H3. The van der Waals surface area contributed by atoms with E-state index >= 15 is 0 Å². The van der Waals surface area contributed by atoms with Crippen molar-refractivity contribution in [2.24, 2.45) is 7.05 Å². The Bertz CT molecular complexity index is 1560. The molecule has 0 radical (unpaired) electrons. The third kappa shape index (κ3) is 5.75. The van der Waals surface area contributed by atoms with Gasteiger partial charge in [0.2, 0.25) is 0 Å². The molecule has 0 atom stereocenters. The van der Waals surface area contributed by atoms with Gasteiger partial charge in [0.25, 0.3) is 0 Å². The lowest BCUT2D eigenvalue weighted by molar-refractivity contribution is -0.136. The first-order valence-electron chi connectivity index (χ1n) is 11.5. The largest absolute Gasteiger partial charge is 0.481 e. The summed E-state index contributed by atoms with van der Waals surface area (Å²) in [6.07, 6.45) is 1.95. The summed E-state index contributed by atoms with van der Waals surface area (Å²) >= 11 is 7.68. The molecule has 2 aromatic heterocycles. The monoisotopic (exact) mass is 521 g/mol. The minimum Gasteiger partial charge on any atom is -0.481 e. The smallest absolute Gasteiger partial charge is 0.307 e. The fourth-order valence-corrected chi connectivity index (χ4v) is 5.30. The number of thiazole rings is 1. The number of halogens is 1. The van der Waals surface area contributed by atoms with Crippen molar-refractivity contribution in [3.63, 3.8) is 0 Å². The summed E-state index contributed by atoms with van der Waals surface area (Å²) in [7, 11) is 1.91. The number of aliphatic carboxylic acids is 1. The van der Waals surface area contributed by atoms with Crippen molar-refractivity contribution in [1.29, 1.82) is 0 Å². The Morgan fingerprint density at radius 1 is 1.11 bits per heavy atom. The molecule has 0 aliphatic heterocycles. The van der Waals surface area contributed by atoms with Crippen molar-refractivity contribution >= 4 is 50.0 Å². The van der Waals surface area contributed by atoms with Gasteiger partial charge in [0.15, 0.2) is 0 Å². The number of hydrogen-bond acceptors (Lipinski definition) is 5. The molecule has 36 heavy (non-hydrogen) atoms. The van der Waals surface area contributed by atoms with Crippen LogP contribution in [0.4, 0.5) is 0 Å².